The fourth-order valence-electron chi connectivity index (χ4n) is 3.18. The summed E-state index contributed by atoms with van der Waals surface area (Å²) >= 11 is 0. The molecule has 0 heterocycles. The van der Waals surface area contributed by atoms with E-state index in [4.69, 9.17) is 9.47 Å². The second kappa shape index (κ2) is 9.86. The molecular formula is C18H32O4. The van der Waals surface area contributed by atoms with Gasteiger partial charge in [-0.25, -0.2) is 0 Å². The lowest BCUT2D eigenvalue weighted by atomic mass is 9.67. The minimum absolute atomic E-state index is 0.175. The van der Waals surface area contributed by atoms with Gasteiger partial charge in [0.05, 0.1) is 25.0 Å². The molecule has 0 N–H and O–H groups in total. The number of carbonyl (C=O) groups excluding carboxylic acids is 2. The van der Waals surface area contributed by atoms with Gasteiger partial charge in [-0.15, -0.1) is 0 Å². The number of esters is 2. The van der Waals surface area contributed by atoms with Crippen LogP contribution in [0.15, 0.2) is 0 Å². The summed E-state index contributed by atoms with van der Waals surface area (Å²) < 4.78 is 10.8. The van der Waals surface area contributed by atoms with Gasteiger partial charge >= 0.3 is 11.9 Å². The summed E-state index contributed by atoms with van der Waals surface area (Å²) in [7, 11) is 0. The maximum absolute atomic E-state index is 12.4. The van der Waals surface area contributed by atoms with E-state index in [-0.39, 0.29) is 35.6 Å². The van der Waals surface area contributed by atoms with Crippen molar-refractivity contribution in [2.45, 2.75) is 66.2 Å². The van der Waals surface area contributed by atoms with Crippen LogP contribution in [0.25, 0.3) is 0 Å². The van der Waals surface area contributed by atoms with E-state index in [9.17, 15) is 9.59 Å². The van der Waals surface area contributed by atoms with E-state index in [2.05, 4.69) is 13.8 Å². The summed E-state index contributed by atoms with van der Waals surface area (Å²) in [6, 6.07) is 0. The number of hydrogen-bond acceptors (Lipinski definition) is 4. The van der Waals surface area contributed by atoms with Gasteiger partial charge in [0.15, 0.2) is 0 Å². The van der Waals surface area contributed by atoms with Crippen molar-refractivity contribution in [3.05, 3.63) is 0 Å². The van der Waals surface area contributed by atoms with Crippen LogP contribution < -0.4 is 0 Å². The molecule has 1 aliphatic carbocycles. The van der Waals surface area contributed by atoms with Crippen molar-refractivity contribution in [1.29, 1.82) is 0 Å². The van der Waals surface area contributed by atoms with E-state index >= 15 is 0 Å². The second-order valence-corrected chi connectivity index (χ2v) is 6.63. The smallest absolute Gasteiger partial charge is 0.310 e. The molecule has 1 aliphatic rings. The molecule has 0 bridgehead atoms. The Bertz CT molecular complexity index is 319. The van der Waals surface area contributed by atoms with Crippen LogP contribution in [0.4, 0.5) is 0 Å². The van der Waals surface area contributed by atoms with E-state index in [0.29, 0.717) is 13.2 Å². The van der Waals surface area contributed by atoms with E-state index in [0.717, 1.165) is 38.5 Å². The van der Waals surface area contributed by atoms with Crippen molar-refractivity contribution in [3.8, 4) is 0 Å². The fraction of sp³-hybridized carbons (Fsp3) is 0.889. The summed E-state index contributed by atoms with van der Waals surface area (Å²) in [6.45, 7) is 9.11. The van der Waals surface area contributed by atoms with Crippen LogP contribution in [-0.4, -0.2) is 25.2 Å². The Kier molecular flexibility index (Phi) is 8.51. The summed E-state index contributed by atoms with van der Waals surface area (Å²) in [5.41, 5.74) is 0. The monoisotopic (exact) mass is 312 g/mol. The number of rotatable bonds is 8. The number of carbonyl (C=O) groups is 2. The Balaban J connectivity index is 2.73. The lowest BCUT2D eigenvalue weighted by Crippen LogP contribution is -2.43. The molecule has 4 unspecified atom stereocenters. The molecule has 4 nitrogen and oxygen atoms in total. The average Bonchev–Trinajstić information content (AvgIpc) is 2.49. The third-order valence-electron chi connectivity index (χ3n) is 4.72. The second-order valence-electron chi connectivity index (χ2n) is 6.63. The van der Waals surface area contributed by atoms with E-state index < -0.39 is 0 Å². The molecule has 22 heavy (non-hydrogen) atoms. The molecule has 0 spiro atoms. The van der Waals surface area contributed by atoms with Crippen molar-refractivity contribution in [1.82, 2.24) is 0 Å². The van der Waals surface area contributed by atoms with Gasteiger partial charge in [-0.1, -0.05) is 40.5 Å². The van der Waals surface area contributed by atoms with Crippen LogP contribution in [0.5, 0.6) is 0 Å². The quantitative estimate of drug-likeness (QED) is 0.502. The van der Waals surface area contributed by atoms with Gasteiger partial charge in [0.2, 0.25) is 0 Å². The molecule has 0 aromatic heterocycles. The molecule has 0 aliphatic heterocycles. The summed E-state index contributed by atoms with van der Waals surface area (Å²) in [5.74, 6) is -0.789. The molecule has 128 valence electrons. The minimum atomic E-state index is -0.352. The highest BCUT2D eigenvalue weighted by molar-refractivity contribution is 5.82. The Hall–Kier alpha value is -1.06. The normalized spacial score (nSPS) is 28.2. The summed E-state index contributed by atoms with van der Waals surface area (Å²) in [5, 5.41) is 0. The SMILES string of the molecule is CCCCOC(=O)C1C(C)CCC(C)C1C(=O)OCCCC. The number of hydrogen-bond donors (Lipinski definition) is 0. The van der Waals surface area contributed by atoms with Crippen molar-refractivity contribution < 1.29 is 19.1 Å². The molecule has 4 atom stereocenters. The molecular weight excluding hydrogens is 280 g/mol. The molecule has 0 saturated heterocycles. The van der Waals surface area contributed by atoms with Crippen LogP contribution in [0, 0.1) is 23.7 Å². The van der Waals surface area contributed by atoms with Crippen LogP contribution >= 0.6 is 0 Å². The van der Waals surface area contributed by atoms with Gasteiger partial charge in [-0.05, 0) is 37.5 Å². The van der Waals surface area contributed by atoms with Gasteiger partial charge in [-0.2, -0.15) is 0 Å². The molecule has 0 radical (unpaired) electrons. The lowest BCUT2D eigenvalue weighted by Gasteiger charge is -2.37. The highest BCUT2D eigenvalue weighted by atomic mass is 16.5. The predicted molar refractivity (Wildman–Crippen MR) is 86.3 cm³/mol. The number of unbranched alkanes of at least 4 members (excludes halogenated alkanes) is 2. The average molecular weight is 312 g/mol. The first-order chi connectivity index (χ1) is 10.5. The maximum Gasteiger partial charge on any atom is 0.310 e. The third kappa shape index (κ3) is 5.29. The zero-order valence-electron chi connectivity index (χ0n) is 14.6. The van der Waals surface area contributed by atoms with Crippen LogP contribution in [0.3, 0.4) is 0 Å². The Morgan fingerprint density at radius 2 is 1.18 bits per heavy atom. The van der Waals surface area contributed by atoms with Crippen molar-refractivity contribution in [2.24, 2.45) is 23.7 Å². The van der Waals surface area contributed by atoms with Gasteiger partial charge in [0, 0.05) is 0 Å². The molecule has 1 rings (SSSR count). The number of ether oxygens (including phenoxy) is 2. The lowest BCUT2D eigenvalue weighted by molar-refractivity contribution is -0.168. The first-order valence-electron chi connectivity index (χ1n) is 8.86. The Morgan fingerprint density at radius 3 is 1.50 bits per heavy atom. The summed E-state index contributed by atoms with van der Waals surface area (Å²) in [4.78, 5) is 24.9. The topological polar surface area (TPSA) is 52.6 Å². The molecule has 0 aromatic rings. The zero-order valence-corrected chi connectivity index (χ0v) is 14.6. The fourth-order valence-corrected chi connectivity index (χ4v) is 3.18. The van der Waals surface area contributed by atoms with Gasteiger partial charge in [0.25, 0.3) is 0 Å². The Morgan fingerprint density at radius 1 is 0.818 bits per heavy atom. The molecule has 0 aromatic carbocycles. The van der Waals surface area contributed by atoms with Crippen molar-refractivity contribution >= 4 is 11.9 Å². The van der Waals surface area contributed by atoms with Gasteiger partial charge < -0.3 is 9.47 Å². The van der Waals surface area contributed by atoms with Crippen molar-refractivity contribution in [3.63, 3.8) is 0 Å². The minimum Gasteiger partial charge on any atom is -0.465 e. The van der Waals surface area contributed by atoms with Crippen molar-refractivity contribution in [2.75, 3.05) is 13.2 Å². The zero-order chi connectivity index (χ0) is 16.5. The highest BCUT2D eigenvalue weighted by Gasteiger charge is 2.45. The predicted octanol–water partition coefficient (Wildman–Crippen LogP) is 3.97. The molecule has 0 amide bonds. The summed E-state index contributed by atoms with van der Waals surface area (Å²) in [6.07, 6.45) is 5.65. The third-order valence-corrected chi connectivity index (χ3v) is 4.72. The largest absolute Gasteiger partial charge is 0.465 e. The molecule has 1 fully saturated rings. The molecule has 4 heteroatoms. The van der Waals surface area contributed by atoms with Crippen LogP contribution in [-0.2, 0) is 19.1 Å². The van der Waals surface area contributed by atoms with E-state index in [1.54, 1.807) is 0 Å². The first kappa shape index (κ1) is 19.0. The van der Waals surface area contributed by atoms with E-state index in [1.165, 1.54) is 0 Å². The maximum atomic E-state index is 12.4. The highest BCUT2D eigenvalue weighted by Crippen LogP contribution is 2.40. The van der Waals surface area contributed by atoms with Crippen LogP contribution in [0.2, 0.25) is 0 Å². The molecule has 1 saturated carbocycles. The standard InChI is InChI=1S/C18H32O4/c1-5-7-11-21-17(19)15-13(3)9-10-14(4)16(15)18(20)22-12-8-6-2/h13-16H,5-12H2,1-4H3. The van der Waals surface area contributed by atoms with Gasteiger partial charge in [-0.3, -0.25) is 9.59 Å². The van der Waals surface area contributed by atoms with Crippen LogP contribution in [0.1, 0.15) is 66.2 Å². The Labute approximate surface area is 134 Å². The first-order valence-corrected chi connectivity index (χ1v) is 8.86. The van der Waals surface area contributed by atoms with E-state index in [1.807, 2.05) is 13.8 Å². The van der Waals surface area contributed by atoms with Gasteiger partial charge in [0.1, 0.15) is 0 Å².